The zero-order chi connectivity index (χ0) is 17.0. The van der Waals surface area contributed by atoms with E-state index in [0.29, 0.717) is 18.0 Å². The number of hydrogen-bond donors (Lipinski definition) is 1. The highest BCUT2D eigenvalue weighted by atomic mass is 32.2. The molecule has 0 aromatic heterocycles. The molecule has 0 atom stereocenters. The summed E-state index contributed by atoms with van der Waals surface area (Å²) in [6.45, 7) is 7.72. The lowest BCUT2D eigenvalue weighted by molar-refractivity contribution is -0.124. The maximum atomic E-state index is 11.7. The van der Waals surface area contributed by atoms with Crippen LogP contribution in [0.4, 0.5) is 5.69 Å². The van der Waals surface area contributed by atoms with Crippen molar-refractivity contribution >= 4 is 21.6 Å². The lowest BCUT2D eigenvalue weighted by Gasteiger charge is -2.21. The summed E-state index contributed by atoms with van der Waals surface area (Å²) in [6, 6.07) is 6.60. The molecule has 0 heterocycles. The van der Waals surface area contributed by atoms with Crippen molar-refractivity contribution < 1.29 is 17.9 Å². The Bertz CT molecular complexity index is 603. The molecule has 0 radical (unpaired) electrons. The van der Waals surface area contributed by atoms with Crippen molar-refractivity contribution in [1.82, 2.24) is 5.32 Å². The van der Waals surface area contributed by atoms with Gasteiger partial charge in [0.1, 0.15) is 5.75 Å². The van der Waals surface area contributed by atoms with Crippen LogP contribution in [0.15, 0.2) is 24.3 Å². The summed E-state index contributed by atoms with van der Waals surface area (Å²) < 4.78 is 30.0. The number of nitrogens with zero attached hydrogens (tertiary/aromatic N) is 1. The van der Waals surface area contributed by atoms with Gasteiger partial charge in [0.05, 0.1) is 11.9 Å². The standard InChI is InChI=1S/C15H24N2O4S/c1-6-17(22(5,19)20)12-7-9-13(10-8-12)21-11-14(18)16-15(2,3)4/h7-10H,6,11H2,1-5H3,(H,16,18). The number of nitrogens with one attached hydrogen (secondary N) is 1. The van der Waals surface area contributed by atoms with Gasteiger partial charge in [0.25, 0.3) is 5.91 Å². The molecule has 0 fully saturated rings. The van der Waals surface area contributed by atoms with Gasteiger partial charge in [-0.1, -0.05) is 0 Å². The molecule has 1 amide bonds. The van der Waals surface area contributed by atoms with E-state index in [4.69, 9.17) is 4.74 Å². The van der Waals surface area contributed by atoms with E-state index in [9.17, 15) is 13.2 Å². The molecule has 6 nitrogen and oxygen atoms in total. The number of amides is 1. The summed E-state index contributed by atoms with van der Waals surface area (Å²) in [5, 5.41) is 2.80. The molecular formula is C15H24N2O4S. The van der Waals surface area contributed by atoms with Gasteiger partial charge in [-0.3, -0.25) is 9.10 Å². The van der Waals surface area contributed by atoms with Crippen LogP contribution in [0, 0.1) is 0 Å². The summed E-state index contributed by atoms with van der Waals surface area (Å²) in [5.74, 6) is 0.306. The van der Waals surface area contributed by atoms with Crippen LogP contribution < -0.4 is 14.4 Å². The van der Waals surface area contributed by atoms with Crippen LogP contribution in [0.2, 0.25) is 0 Å². The van der Waals surface area contributed by atoms with Crippen LogP contribution in [0.3, 0.4) is 0 Å². The SMILES string of the molecule is CCN(c1ccc(OCC(=O)NC(C)(C)C)cc1)S(C)(=O)=O. The first-order valence-electron chi connectivity index (χ1n) is 7.04. The average molecular weight is 328 g/mol. The predicted molar refractivity (Wildman–Crippen MR) is 87.7 cm³/mol. The Morgan fingerprint density at radius 2 is 1.77 bits per heavy atom. The number of carbonyl (C=O) groups is 1. The molecular weight excluding hydrogens is 304 g/mol. The zero-order valence-corrected chi connectivity index (χ0v) is 14.5. The van der Waals surface area contributed by atoms with Gasteiger partial charge in [0.15, 0.2) is 6.61 Å². The first-order valence-corrected chi connectivity index (χ1v) is 8.89. The quantitative estimate of drug-likeness (QED) is 0.863. The molecule has 0 bridgehead atoms. The topological polar surface area (TPSA) is 75.7 Å². The van der Waals surface area contributed by atoms with Crippen LogP contribution >= 0.6 is 0 Å². The van der Waals surface area contributed by atoms with Gasteiger partial charge in [0, 0.05) is 12.1 Å². The van der Waals surface area contributed by atoms with Crippen LogP contribution in [0.1, 0.15) is 27.7 Å². The Balaban J connectivity index is 2.68. The largest absolute Gasteiger partial charge is 0.484 e. The molecule has 0 saturated heterocycles. The van der Waals surface area contributed by atoms with Gasteiger partial charge >= 0.3 is 0 Å². The van der Waals surface area contributed by atoms with Gasteiger partial charge in [0.2, 0.25) is 10.0 Å². The second-order valence-electron chi connectivity index (χ2n) is 6.01. The number of carbonyl (C=O) groups excluding carboxylic acids is 1. The molecule has 1 rings (SSSR count). The van der Waals surface area contributed by atoms with E-state index in [2.05, 4.69) is 5.32 Å². The molecule has 124 valence electrons. The van der Waals surface area contributed by atoms with Gasteiger partial charge in [-0.2, -0.15) is 0 Å². The van der Waals surface area contributed by atoms with E-state index in [-0.39, 0.29) is 18.1 Å². The Hall–Kier alpha value is -1.76. The van der Waals surface area contributed by atoms with Crippen LogP contribution in [-0.4, -0.2) is 39.3 Å². The third-order valence-corrected chi connectivity index (χ3v) is 3.97. The molecule has 1 aromatic rings. The minimum atomic E-state index is -3.30. The number of sulfonamides is 1. The highest BCUT2D eigenvalue weighted by Crippen LogP contribution is 2.21. The van der Waals surface area contributed by atoms with E-state index >= 15 is 0 Å². The highest BCUT2D eigenvalue weighted by molar-refractivity contribution is 7.92. The van der Waals surface area contributed by atoms with E-state index in [1.165, 1.54) is 4.31 Å². The normalized spacial score (nSPS) is 11.9. The van der Waals surface area contributed by atoms with E-state index in [1.54, 1.807) is 31.2 Å². The molecule has 22 heavy (non-hydrogen) atoms. The molecule has 1 aromatic carbocycles. The fourth-order valence-electron chi connectivity index (χ4n) is 1.92. The van der Waals surface area contributed by atoms with Gasteiger partial charge in [-0.15, -0.1) is 0 Å². The first kappa shape index (κ1) is 18.3. The average Bonchev–Trinajstić information content (AvgIpc) is 2.35. The van der Waals surface area contributed by atoms with Crippen molar-refractivity contribution in [2.75, 3.05) is 23.7 Å². The fourth-order valence-corrected chi connectivity index (χ4v) is 2.89. The maximum absolute atomic E-state index is 11.7. The maximum Gasteiger partial charge on any atom is 0.258 e. The van der Waals surface area contributed by atoms with Crippen molar-refractivity contribution in [3.63, 3.8) is 0 Å². The Morgan fingerprint density at radius 1 is 1.23 bits per heavy atom. The van der Waals surface area contributed by atoms with E-state index in [0.717, 1.165) is 6.26 Å². The monoisotopic (exact) mass is 328 g/mol. The Morgan fingerprint density at radius 3 is 2.18 bits per heavy atom. The van der Waals surface area contributed by atoms with Crippen molar-refractivity contribution in [1.29, 1.82) is 0 Å². The first-order chi connectivity index (χ1) is 10.0. The predicted octanol–water partition coefficient (Wildman–Crippen LogP) is 1.77. The van der Waals surface area contributed by atoms with Crippen LogP contribution in [0.5, 0.6) is 5.75 Å². The molecule has 7 heteroatoms. The van der Waals surface area contributed by atoms with Crippen LogP contribution in [0.25, 0.3) is 0 Å². The van der Waals surface area contributed by atoms with E-state index < -0.39 is 10.0 Å². The number of hydrogen-bond acceptors (Lipinski definition) is 4. The minimum Gasteiger partial charge on any atom is -0.484 e. The third kappa shape index (κ3) is 5.93. The third-order valence-electron chi connectivity index (χ3n) is 2.70. The Labute approximate surface area is 132 Å². The lowest BCUT2D eigenvalue weighted by atomic mass is 10.1. The summed E-state index contributed by atoms with van der Waals surface area (Å²) >= 11 is 0. The molecule has 0 spiro atoms. The van der Waals surface area contributed by atoms with Gasteiger partial charge in [-0.25, -0.2) is 8.42 Å². The second-order valence-corrected chi connectivity index (χ2v) is 7.92. The zero-order valence-electron chi connectivity index (χ0n) is 13.7. The Kier molecular flexibility index (Phi) is 5.82. The van der Waals surface area contributed by atoms with Gasteiger partial charge in [-0.05, 0) is 52.0 Å². The summed E-state index contributed by atoms with van der Waals surface area (Å²) in [7, 11) is -3.30. The number of rotatable bonds is 6. The smallest absolute Gasteiger partial charge is 0.258 e. The summed E-state index contributed by atoms with van der Waals surface area (Å²) in [6.07, 6.45) is 1.16. The summed E-state index contributed by atoms with van der Waals surface area (Å²) in [4.78, 5) is 11.7. The van der Waals surface area contributed by atoms with Gasteiger partial charge < -0.3 is 10.1 Å². The number of ether oxygens (including phenoxy) is 1. The van der Waals surface area contributed by atoms with E-state index in [1.807, 2.05) is 20.8 Å². The number of benzene rings is 1. The summed E-state index contributed by atoms with van der Waals surface area (Å²) in [5.41, 5.74) is 0.262. The number of anilines is 1. The molecule has 0 unspecified atom stereocenters. The molecule has 0 aliphatic heterocycles. The molecule has 0 aliphatic rings. The highest BCUT2D eigenvalue weighted by Gasteiger charge is 2.16. The molecule has 0 saturated carbocycles. The van der Waals surface area contributed by atoms with Crippen molar-refractivity contribution in [3.8, 4) is 5.75 Å². The van der Waals surface area contributed by atoms with Crippen molar-refractivity contribution in [2.45, 2.75) is 33.2 Å². The van der Waals surface area contributed by atoms with Crippen molar-refractivity contribution in [3.05, 3.63) is 24.3 Å². The molecule has 1 N–H and O–H groups in total. The fraction of sp³-hybridized carbons (Fsp3) is 0.533. The van der Waals surface area contributed by atoms with Crippen molar-refractivity contribution in [2.24, 2.45) is 0 Å². The molecule has 0 aliphatic carbocycles. The minimum absolute atomic E-state index is 0.0831. The van der Waals surface area contributed by atoms with Crippen LogP contribution in [-0.2, 0) is 14.8 Å². The second kappa shape index (κ2) is 7.00. The lowest BCUT2D eigenvalue weighted by Crippen LogP contribution is -2.43.